The molecule has 0 radical (unpaired) electrons. The lowest BCUT2D eigenvalue weighted by molar-refractivity contribution is 0.102. The van der Waals surface area contributed by atoms with E-state index in [1.807, 2.05) is 31.2 Å². The van der Waals surface area contributed by atoms with E-state index in [-0.39, 0.29) is 10.8 Å². The van der Waals surface area contributed by atoms with E-state index in [2.05, 4.69) is 15.4 Å². The zero-order chi connectivity index (χ0) is 20.1. The first-order valence-electron chi connectivity index (χ1n) is 8.86. The number of carbonyl (C=O) groups is 1. The smallest absolute Gasteiger partial charge is 0.255 e. The molecule has 0 aliphatic carbocycles. The first-order chi connectivity index (χ1) is 12.6. The molecule has 6 nitrogen and oxygen atoms in total. The molecule has 146 valence electrons. The second-order valence-electron chi connectivity index (χ2n) is 7.31. The van der Waals surface area contributed by atoms with Crippen molar-refractivity contribution in [1.82, 2.24) is 10.0 Å². The van der Waals surface area contributed by atoms with Crippen LogP contribution >= 0.6 is 0 Å². The molecule has 0 spiro atoms. The Kier molecular flexibility index (Phi) is 6.75. The van der Waals surface area contributed by atoms with Crippen LogP contribution in [0.5, 0.6) is 0 Å². The van der Waals surface area contributed by atoms with Gasteiger partial charge in [0.1, 0.15) is 0 Å². The number of amides is 1. The zero-order valence-electron chi connectivity index (χ0n) is 16.2. The number of rotatable bonds is 7. The maximum Gasteiger partial charge on any atom is 0.255 e. The molecule has 2 aromatic carbocycles. The van der Waals surface area contributed by atoms with Crippen LogP contribution in [0, 0.1) is 0 Å². The van der Waals surface area contributed by atoms with Gasteiger partial charge in [-0.15, -0.1) is 0 Å². The Morgan fingerprint density at radius 3 is 2.30 bits per heavy atom. The van der Waals surface area contributed by atoms with Crippen LogP contribution in [0.2, 0.25) is 0 Å². The number of carbonyl (C=O) groups excluding carboxylic acids is 1. The van der Waals surface area contributed by atoms with E-state index in [0.29, 0.717) is 11.3 Å². The van der Waals surface area contributed by atoms with Gasteiger partial charge in [-0.1, -0.05) is 19.1 Å². The van der Waals surface area contributed by atoms with Crippen LogP contribution in [-0.2, 0) is 16.6 Å². The quantitative estimate of drug-likeness (QED) is 0.679. The van der Waals surface area contributed by atoms with Gasteiger partial charge < -0.3 is 10.6 Å². The summed E-state index contributed by atoms with van der Waals surface area (Å²) in [4.78, 5) is 12.6. The molecule has 0 atom stereocenters. The number of hydrogen-bond donors (Lipinski definition) is 3. The SMILES string of the molecule is CCNCc1cccc(NC(=O)c2ccc(S(=O)(=O)NC(C)(C)C)cc2)c1. The Morgan fingerprint density at radius 2 is 1.70 bits per heavy atom. The first kappa shape index (κ1) is 21.1. The van der Waals surface area contributed by atoms with E-state index >= 15 is 0 Å². The van der Waals surface area contributed by atoms with Crippen molar-refractivity contribution in [2.45, 2.75) is 44.7 Å². The summed E-state index contributed by atoms with van der Waals surface area (Å²) in [6.45, 7) is 8.96. The highest BCUT2D eigenvalue weighted by Gasteiger charge is 2.22. The molecule has 3 N–H and O–H groups in total. The molecule has 0 fully saturated rings. The Hall–Kier alpha value is -2.22. The van der Waals surface area contributed by atoms with Gasteiger partial charge in [-0.25, -0.2) is 13.1 Å². The predicted molar refractivity (Wildman–Crippen MR) is 108 cm³/mol. The molecular weight excluding hydrogens is 362 g/mol. The fourth-order valence-corrected chi connectivity index (χ4v) is 3.90. The number of anilines is 1. The highest BCUT2D eigenvalue weighted by Crippen LogP contribution is 2.16. The summed E-state index contributed by atoms with van der Waals surface area (Å²) in [6, 6.07) is 13.5. The highest BCUT2D eigenvalue weighted by molar-refractivity contribution is 7.89. The number of hydrogen-bond acceptors (Lipinski definition) is 4. The normalized spacial score (nSPS) is 12.0. The summed E-state index contributed by atoms with van der Waals surface area (Å²) in [5.41, 5.74) is 1.58. The van der Waals surface area contributed by atoms with Gasteiger partial charge in [0.25, 0.3) is 5.91 Å². The number of sulfonamides is 1. The summed E-state index contributed by atoms with van der Waals surface area (Å²) in [7, 11) is -3.62. The highest BCUT2D eigenvalue weighted by atomic mass is 32.2. The van der Waals surface area contributed by atoms with Crippen LogP contribution in [0.25, 0.3) is 0 Å². The van der Waals surface area contributed by atoms with Gasteiger partial charge in [-0.05, 0) is 69.3 Å². The lowest BCUT2D eigenvalue weighted by Gasteiger charge is -2.20. The van der Waals surface area contributed by atoms with Gasteiger partial charge in [-0.2, -0.15) is 0 Å². The van der Waals surface area contributed by atoms with Crippen LogP contribution in [-0.4, -0.2) is 26.4 Å². The molecule has 7 heteroatoms. The van der Waals surface area contributed by atoms with Crippen LogP contribution in [0.1, 0.15) is 43.6 Å². The first-order valence-corrected chi connectivity index (χ1v) is 10.3. The molecule has 27 heavy (non-hydrogen) atoms. The molecule has 2 aromatic rings. The standard InChI is InChI=1S/C20H27N3O3S/c1-5-21-14-15-7-6-8-17(13-15)22-19(24)16-9-11-18(12-10-16)27(25,26)23-20(2,3)4/h6-13,21,23H,5,14H2,1-4H3,(H,22,24). The van der Waals surface area contributed by atoms with Gasteiger partial charge in [-0.3, -0.25) is 4.79 Å². The molecule has 0 saturated carbocycles. The lowest BCUT2D eigenvalue weighted by atomic mass is 10.1. The van der Waals surface area contributed by atoms with E-state index in [9.17, 15) is 13.2 Å². The monoisotopic (exact) mass is 389 g/mol. The molecule has 0 bridgehead atoms. The second kappa shape index (κ2) is 8.65. The predicted octanol–water partition coefficient (Wildman–Crippen LogP) is 3.13. The molecule has 0 aromatic heterocycles. The minimum atomic E-state index is -3.62. The fourth-order valence-electron chi connectivity index (χ4n) is 2.48. The Labute approximate surface area is 161 Å². The topological polar surface area (TPSA) is 87.3 Å². The maximum absolute atomic E-state index is 12.4. The lowest BCUT2D eigenvalue weighted by Crippen LogP contribution is -2.40. The summed E-state index contributed by atoms with van der Waals surface area (Å²) < 4.78 is 27.2. The third-order valence-corrected chi connectivity index (χ3v) is 5.41. The minimum absolute atomic E-state index is 0.126. The van der Waals surface area contributed by atoms with E-state index in [1.54, 1.807) is 20.8 Å². The van der Waals surface area contributed by atoms with Gasteiger partial charge in [0, 0.05) is 23.3 Å². The molecule has 0 heterocycles. The van der Waals surface area contributed by atoms with Crippen molar-refractivity contribution in [2.24, 2.45) is 0 Å². The zero-order valence-corrected chi connectivity index (χ0v) is 17.0. The van der Waals surface area contributed by atoms with Gasteiger partial charge >= 0.3 is 0 Å². The van der Waals surface area contributed by atoms with Gasteiger partial charge in [0.15, 0.2) is 0 Å². The van der Waals surface area contributed by atoms with Crippen molar-refractivity contribution in [3.8, 4) is 0 Å². The Balaban J connectivity index is 2.10. The summed E-state index contributed by atoms with van der Waals surface area (Å²) in [6.07, 6.45) is 0. The minimum Gasteiger partial charge on any atom is -0.322 e. The molecule has 0 aliphatic rings. The third-order valence-electron chi connectivity index (χ3n) is 3.63. The fraction of sp³-hybridized carbons (Fsp3) is 0.350. The summed E-state index contributed by atoms with van der Waals surface area (Å²) in [5.74, 6) is -0.289. The van der Waals surface area contributed by atoms with Gasteiger partial charge in [0.05, 0.1) is 4.90 Å². The number of benzene rings is 2. The molecule has 0 aliphatic heterocycles. The molecule has 1 amide bonds. The van der Waals surface area contributed by atoms with Gasteiger partial charge in [0.2, 0.25) is 10.0 Å². The van der Waals surface area contributed by atoms with Crippen molar-refractivity contribution in [3.05, 3.63) is 59.7 Å². The van der Waals surface area contributed by atoms with E-state index in [1.165, 1.54) is 24.3 Å². The average Bonchev–Trinajstić information content (AvgIpc) is 2.58. The van der Waals surface area contributed by atoms with Crippen LogP contribution in [0.4, 0.5) is 5.69 Å². The van der Waals surface area contributed by atoms with Crippen LogP contribution < -0.4 is 15.4 Å². The molecule has 2 rings (SSSR count). The van der Waals surface area contributed by atoms with Crippen molar-refractivity contribution in [3.63, 3.8) is 0 Å². The third kappa shape index (κ3) is 6.46. The van der Waals surface area contributed by atoms with Crippen molar-refractivity contribution in [1.29, 1.82) is 0 Å². The van der Waals surface area contributed by atoms with E-state index in [4.69, 9.17) is 0 Å². The molecule has 0 saturated heterocycles. The summed E-state index contributed by atoms with van der Waals surface area (Å²) >= 11 is 0. The van der Waals surface area contributed by atoms with Crippen molar-refractivity contribution in [2.75, 3.05) is 11.9 Å². The van der Waals surface area contributed by atoms with E-state index in [0.717, 1.165) is 18.7 Å². The largest absolute Gasteiger partial charge is 0.322 e. The maximum atomic E-state index is 12.4. The average molecular weight is 390 g/mol. The van der Waals surface area contributed by atoms with Crippen molar-refractivity contribution < 1.29 is 13.2 Å². The Morgan fingerprint density at radius 1 is 1.04 bits per heavy atom. The second-order valence-corrected chi connectivity index (χ2v) is 9.00. The Bertz CT molecular complexity index is 885. The van der Waals surface area contributed by atoms with Crippen molar-refractivity contribution >= 4 is 21.6 Å². The number of nitrogens with one attached hydrogen (secondary N) is 3. The molecular formula is C20H27N3O3S. The molecule has 0 unspecified atom stereocenters. The summed E-state index contributed by atoms with van der Waals surface area (Å²) in [5, 5.41) is 6.08. The van der Waals surface area contributed by atoms with Crippen LogP contribution in [0.15, 0.2) is 53.4 Å². The van der Waals surface area contributed by atoms with E-state index < -0.39 is 15.6 Å². The van der Waals surface area contributed by atoms with Crippen LogP contribution in [0.3, 0.4) is 0 Å².